The van der Waals surface area contributed by atoms with Crippen LogP contribution in [0.2, 0.25) is 0 Å². The molecule has 0 radical (unpaired) electrons. The van der Waals surface area contributed by atoms with Gasteiger partial charge in [-0.2, -0.15) is 0 Å². The number of carbonyl (C=O) groups excluding carboxylic acids is 1. The lowest BCUT2D eigenvalue weighted by molar-refractivity contribution is 0.207. The van der Waals surface area contributed by atoms with Gasteiger partial charge in [0.15, 0.2) is 11.3 Å². The Kier molecular flexibility index (Phi) is 4.02. The second kappa shape index (κ2) is 6.19. The predicted molar refractivity (Wildman–Crippen MR) is 96.3 cm³/mol. The third-order valence-electron chi connectivity index (χ3n) is 4.36. The molecule has 0 aliphatic carbocycles. The fraction of sp³-hybridized carbons (Fsp3) is 0.400. The molecule has 2 atom stereocenters. The minimum atomic E-state index is -0.553. The van der Waals surface area contributed by atoms with Crippen molar-refractivity contribution in [1.82, 2.24) is 29.6 Å². The second-order valence-corrected chi connectivity index (χ2v) is 7.39. The van der Waals surface area contributed by atoms with E-state index < -0.39 is 6.67 Å². The van der Waals surface area contributed by atoms with E-state index in [4.69, 9.17) is 0 Å². The molecule has 24 heavy (non-hydrogen) atoms. The van der Waals surface area contributed by atoms with Crippen molar-refractivity contribution in [1.29, 1.82) is 0 Å². The highest BCUT2D eigenvalue weighted by Gasteiger charge is 2.36. The summed E-state index contributed by atoms with van der Waals surface area (Å²) in [4.78, 5) is 25.8. The van der Waals surface area contributed by atoms with Crippen molar-refractivity contribution in [2.45, 2.75) is 9.84 Å². The van der Waals surface area contributed by atoms with Gasteiger partial charge in [0.2, 0.25) is 0 Å². The van der Waals surface area contributed by atoms with Crippen molar-refractivity contribution in [3.63, 3.8) is 0 Å². The van der Waals surface area contributed by atoms with Crippen LogP contribution in [0.5, 0.6) is 0 Å². The molecule has 2 amide bonds. The fourth-order valence-electron chi connectivity index (χ4n) is 3.23. The van der Waals surface area contributed by atoms with E-state index in [2.05, 4.69) is 47.3 Å². The number of amides is 2. The summed E-state index contributed by atoms with van der Waals surface area (Å²) in [5.74, 6) is 0.164. The molecular formula is C15H16FIN6O. The van der Waals surface area contributed by atoms with E-state index in [-0.39, 0.29) is 22.4 Å². The highest BCUT2D eigenvalue weighted by Crippen LogP contribution is 2.34. The molecule has 126 valence electrons. The average molecular weight is 442 g/mol. The van der Waals surface area contributed by atoms with Crippen LogP contribution in [-0.4, -0.2) is 60.5 Å². The number of aromatic nitrogens is 4. The number of H-pyrrole nitrogens is 1. The second-order valence-electron chi connectivity index (χ2n) is 5.79. The lowest BCUT2D eigenvalue weighted by atomic mass is 10.1. The van der Waals surface area contributed by atoms with Gasteiger partial charge in [0.05, 0.1) is 11.7 Å². The summed E-state index contributed by atoms with van der Waals surface area (Å²) in [5.41, 5.74) is 3.64. The number of hydrogen-bond donors (Lipinski definition) is 2. The Hall–Kier alpha value is -1.91. The van der Waals surface area contributed by atoms with E-state index in [0.717, 1.165) is 22.5 Å². The number of aromatic amines is 1. The maximum Gasteiger partial charge on any atom is 0.317 e. The molecule has 1 fully saturated rings. The first-order valence-corrected chi connectivity index (χ1v) is 8.96. The summed E-state index contributed by atoms with van der Waals surface area (Å²) in [6, 6.07) is 1.77. The van der Waals surface area contributed by atoms with Crippen LogP contribution in [0.25, 0.3) is 16.8 Å². The van der Waals surface area contributed by atoms with Gasteiger partial charge in [0.1, 0.15) is 6.67 Å². The van der Waals surface area contributed by atoms with Crippen LogP contribution in [0.3, 0.4) is 0 Å². The summed E-state index contributed by atoms with van der Waals surface area (Å²) in [6.45, 7) is 0.727. The molecule has 0 unspecified atom stereocenters. The van der Waals surface area contributed by atoms with Gasteiger partial charge in [0.25, 0.3) is 0 Å². The molecule has 3 aromatic rings. The Bertz CT molecular complexity index is 892. The number of fused-ring (bicyclic) bond motifs is 3. The number of carbonyl (C=O) groups is 1. The molecule has 9 heteroatoms. The number of likely N-dealkylation sites (tertiary alicyclic amines) is 1. The van der Waals surface area contributed by atoms with Crippen LogP contribution in [0.4, 0.5) is 9.18 Å². The minimum Gasteiger partial charge on any atom is -0.345 e. The topological polar surface area (TPSA) is 78.3 Å². The molecule has 0 aromatic carbocycles. The maximum atomic E-state index is 12.3. The number of alkyl halides is 2. The first-order valence-electron chi connectivity index (χ1n) is 7.71. The van der Waals surface area contributed by atoms with E-state index in [1.165, 1.54) is 0 Å². The van der Waals surface area contributed by atoms with Gasteiger partial charge in [-0.05, 0) is 6.07 Å². The molecule has 0 saturated carbocycles. The Morgan fingerprint density at radius 2 is 2.29 bits per heavy atom. The highest BCUT2D eigenvalue weighted by atomic mass is 127. The van der Waals surface area contributed by atoms with Crippen LogP contribution < -0.4 is 5.32 Å². The molecule has 4 heterocycles. The van der Waals surface area contributed by atoms with Crippen molar-refractivity contribution in [3.05, 3.63) is 30.4 Å². The lowest BCUT2D eigenvalue weighted by Gasteiger charge is -2.16. The minimum absolute atomic E-state index is 0.0527. The first kappa shape index (κ1) is 15.6. The average Bonchev–Trinajstić information content (AvgIpc) is 3.28. The van der Waals surface area contributed by atoms with Crippen molar-refractivity contribution in [2.75, 3.05) is 26.3 Å². The number of imidazole rings is 1. The molecule has 4 rings (SSSR count). The van der Waals surface area contributed by atoms with Gasteiger partial charge in [-0.15, -0.1) is 0 Å². The Morgan fingerprint density at radius 3 is 3.12 bits per heavy atom. The molecule has 0 bridgehead atoms. The summed E-state index contributed by atoms with van der Waals surface area (Å²) in [6.07, 6.45) is 5.46. The smallest absolute Gasteiger partial charge is 0.317 e. The van der Waals surface area contributed by atoms with Gasteiger partial charge in [0, 0.05) is 47.6 Å². The van der Waals surface area contributed by atoms with Crippen molar-refractivity contribution >= 4 is 45.4 Å². The fourth-order valence-corrected chi connectivity index (χ4v) is 4.30. The molecule has 3 aromatic heterocycles. The van der Waals surface area contributed by atoms with Crippen LogP contribution in [0.15, 0.2) is 24.7 Å². The van der Waals surface area contributed by atoms with E-state index >= 15 is 0 Å². The highest BCUT2D eigenvalue weighted by molar-refractivity contribution is 14.1. The SMILES string of the molecule is O=C(NCCF)N1C[C@@H](I)[C@@H](c2cnc3cnc4[nH]ccc4n23)C1. The standard InChI is InChI=1S/C15H16FIN6O/c16-2-4-19-15(24)22-7-9(10(17)8-22)12-5-20-13-6-21-14-11(23(12)13)1-3-18-14/h1,3,5-6,9-10,18H,2,4,7-8H2,(H,19,24)/t9-,10+/m0/s1. The number of nitrogens with one attached hydrogen (secondary N) is 2. The molecular weight excluding hydrogens is 426 g/mol. The van der Waals surface area contributed by atoms with Crippen molar-refractivity contribution in [3.8, 4) is 0 Å². The maximum absolute atomic E-state index is 12.3. The van der Waals surface area contributed by atoms with E-state index in [1.807, 2.05) is 18.5 Å². The van der Waals surface area contributed by atoms with Gasteiger partial charge < -0.3 is 15.2 Å². The van der Waals surface area contributed by atoms with E-state index in [9.17, 15) is 9.18 Å². The lowest BCUT2D eigenvalue weighted by Crippen LogP contribution is -2.39. The van der Waals surface area contributed by atoms with Gasteiger partial charge >= 0.3 is 6.03 Å². The monoisotopic (exact) mass is 442 g/mol. The molecule has 1 aliphatic rings. The van der Waals surface area contributed by atoms with Crippen LogP contribution in [-0.2, 0) is 0 Å². The van der Waals surface area contributed by atoms with Crippen molar-refractivity contribution < 1.29 is 9.18 Å². The quantitative estimate of drug-likeness (QED) is 0.482. The van der Waals surface area contributed by atoms with Crippen LogP contribution in [0, 0.1) is 0 Å². The van der Waals surface area contributed by atoms with Gasteiger partial charge in [-0.25, -0.2) is 19.2 Å². The summed E-state index contributed by atoms with van der Waals surface area (Å²) >= 11 is 2.38. The van der Waals surface area contributed by atoms with Crippen LogP contribution >= 0.6 is 22.6 Å². The third kappa shape index (κ3) is 2.50. The van der Waals surface area contributed by atoms with Crippen LogP contribution in [0.1, 0.15) is 11.6 Å². The Labute approximate surface area is 150 Å². The number of rotatable bonds is 3. The predicted octanol–water partition coefficient (Wildman–Crippen LogP) is 2.09. The largest absolute Gasteiger partial charge is 0.345 e. The zero-order valence-corrected chi connectivity index (χ0v) is 14.9. The molecule has 1 saturated heterocycles. The van der Waals surface area contributed by atoms with Gasteiger partial charge in [-0.3, -0.25) is 4.40 Å². The van der Waals surface area contributed by atoms with Crippen molar-refractivity contribution in [2.24, 2.45) is 0 Å². The van der Waals surface area contributed by atoms with E-state index in [0.29, 0.717) is 13.1 Å². The molecule has 1 aliphatic heterocycles. The zero-order chi connectivity index (χ0) is 16.7. The number of halogens is 2. The summed E-state index contributed by atoms with van der Waals surface area (Å²) < 4.78 is 14.6. The summed E-state index contributed by atoms with van der Waals surface area (Å²) in [7, 11) is 0. The number of nitrogens with zero attached hydrogens (tertiary/aromatic N) is 4. The Balaban J connectivity index is 1.67. The number of urea groups is 1. The molecule has 7 nitrogen and oxygen atoms in total. The Morgan fingerprint density at radius 1 is 1.42 bits per heavy atom. The normalized spacial score (nSPS) is 21.0. The van der Waals surface area contributed by atoms with Gasteiger partial charge in [-0.1, -0.05) is 22.6 Å². The summed E-state index contributed by atoms with van der Waals surface area (Å²) in [5, 5.41) is 2.59. The molecule has 2 N–H and O–H groups in total. The third-order valence-corrected chi connectivity index (χ3v) is 5.62. The van der Waals surface area contributed by atoms with E-state index in [1.54, 1.807) is 11.1 Å². The number of hydrogen-bond acceptors (Lipinski definition) is 3. The zero-order valence-electron chi connectivity index (χ0n) is 12.7. The molecule has 0 spiro atoms. The first-order chi connectivity index (χ1) is 11.7.